The Morgan fingerprint density at radius 1 is 1.41 bits per heavy atom. The van der Waals surface area contributed by atoms with E-state index < -0.39 is 21.2 Å². The Morgan fingerprint density at radius 2 is 1.88 bits per heavy atom. The number of carboxylic acids is 1. The Bertz CT molecular complexity index is 363. The van der Waals surface area contributed by atoms with E-state index >= 15 is 0 Å². The highest BCUT2D eigenvalue weighted by atomic mass is 32.2. The number of sulfonamides is 1. The molecule has 0 rings (SSSR count). The summed E-state index contributed by atoms with van der Waals surface area (Å²) in [6.45, 7) is 5.91. The number of nitrogens with zero attached hydrogens (tertiary/aromatic N) is 1. The Morgan fingerprint density at radius 3 is 2.24 bits per heavy atom. The van der Waals surface area contributed by atoms with Crippen molar-refractivity contribution >= 4 is 16.0 Å². The molecule has 1 atom stereocenters. The quantitative estimate of drug-likeness (QED) is 0.675. The van der Waals surface area contributed by atoms with Crippen LogP contribution in [0, 0.1) is 5.41 Å². The second-order valence-corrected chi connectivity index (χ2v) is 7.33. The minimum Gasteiger partial charge on any atom is -0.480 e. The van der Waals surface area contributed by atoms with Gasteiger partial charge in [-0.2, -0.15) is 0 Å². The van der Waals surface area contributed by atoms with Crippen LogP contribution in [0.1, 0.15) is 20.8 Å². The molecule has 6 nitrogen and oxygen atoms in total. The predicted molar refractivity (Wildman–Crippen MR) is 66.4 cm³/mol. The van der Waals surface area contributed by atoms with E-state index in [0.29, 0.717) is 6.54 Å². The minimum absolute atomic E-state index is 0.213. The second kappa shape index (κ2) is 5.79. The molecule has 0 aliphatic carbocycles. The maximum atomic E-state index is 11.6. The van der Waals surface area contributed by atoms with Crippen LogP contribution in [-0.4, -0.2) is 56.8 Å². The van der Waals surface area contributed by atoms with Gasteiger partial charge in [0.25, 0.3) is 0 Å². The molecule has 0 aliphatic rings. The second-order valence-electron chi connectivity index (χ2n) is 5.25. The summed E-state index contributed by atoms with van der Waals surface area (Å²) in [6, 6.07) is 0. The molecule has 0 fully saturated rings. The van der Waals surface area contributed by atoms with Crippen LogP contribution >= 0.6 is 0 Å². The van der Waals surface area contributed by atoms with Crippen molar-refractivity contribution in [1.29, 1.82) is 0 Å². The van der Waals surface area contributed by atoms with E-state index in [1.54, 1.807) is 0 Å². The fraction of sp³-hybridized carbons (Fsp3) is 0.900. The van der Waals surface area contributed by atoms with E-state index in [-0.39, 0.29) is 12.0 Å². The average Bonchev–Trinajstić information content (AvgIpc) is 2.12. The smallest absolute Gasteiger partial charge is 0.323 e. The lowest BCUT2D eigenvalue weighted by Gasteiger charge is -2.28. The highest BCUT2D eigenvalue weighted by Gasteiger charge is 2.29. The van der Waals surface area contributed by atoms with Gasteiger partial charge in [-0.1, -0.05) is 13.8 Å². The monoisotopic (exact) mass is 266 g/mol. The Kier molecular flexibility index (Phi) is 5.57. The largest absolute Gasteiger partial charge is 0.480 e. The summed E-state index contributed by atoms with van der Waals surface area (Å²) < 4.78 is 25.5. The average molecular weight is 266 g/mol. The third kappa shape index (κ3) is 5.99. The first kappa shape index (κ1) is 16.3. The zero-order valence-electron chi connectivity index (χ0n) is 11.0. The molecule has 0 amide bonds. The van der Waals surface area contributed by atoms with Crippen molar-refractivity contribution in [2.75, 3.05) is 27.2 Å². The molecule has 17 heavy (non-hydrogen) atoms. The van der Waals surface area contributed by atoms with E-state index in [1.807, 2.05) is 32.8 Å². The van der Waals surface area contributed by atoms with Crippen LogP contribution in [0.2, 0.25) is 0 Å². The lowest BCUT2D eigenvalue weighted by atomic mass is 9.93. The van der Waals surface area contributed by atoms with Crippen molar-refractivity contribution in [2.45, 2.75) is 26.0 Å². The van der Waals surface area contributed by atoms with Crippen LogP contribution in [0.15, 0.2) is 0 Å². The van der Waals surface area contributed by atoms with Gasteiger partial charge in [0, 0.05) is 13.1 Å². The fourth-order valence-corrected chi connectivity index (χ4v) is 2.57. The maximum Gasteiger partial charge on any atom is 0.323 e. The van der Waals surface area contributed by atoms with Crippen molar-refractivity contribution in [3.63, 3.8) is 0 Å². The van der Waals surface area contributed by atoms with Crippen LogP contribution in [0.5, 0.6) is 0 Å². The highest BCUT2D eigenvalue weighted by Crippen LogP contribution is 2.15. The third-order valence-corrected chi connectivity index (χ3v) is 3.99. The van der Waals surface area contributed by atoms with E-state index in [0.717, 1.165) is 6.92 Å². The lowest BCUT2D eigenvalue weighted by molar-refractivity contribution is -0.136. The first-order valence-electron chi connectivity index (χ1n) is 5.34. The van der Waals surface area contributed by atoms with Crippen molar-refractivity contribution in [1.82, 2.24) is 9.62 Å². The van der Waals surface area contributed by atoms with E-state index in [2.05, 4.69) is 4.72 Å². The number of carboxylic acid groups (broad SMARTS) is 1. The number of hydrogen-bond donors (Lipinski definition) is 2. The predicted octanol–water partition coefficient (Wildman–Crippen LogP) is -0.0333. The molecule has 0 aromatic heterocycles. The molecule has 102 valence electrons. The van der Waals surface area contributed by atoms with Crippen molar-refractivity contribution in [3.8, 4) is 0 Å². The standard InChI is InChI=1S/C10H22N2O4S/c1-8(9(13)14)17(15,16)11-6-10(2,3)7-12(4)5/h8,11H,6-7H2,1-5H3,(H,13,14). The lowest BCUT2D eigenvalue weighted by Crippen LogP contribution is -2.44. The summed E-state index contributed by atoms with van der Waals surface area (Å²) in [4.78, 5) is 12.6. The molecule has 0 radical (unpaired) electrons. The van der Waals surface area contributed by atoms with E-state index in [1.165, 1.54) is 0 Å². The molecule has 7 heteroatoms. The molecule has 0 saturated heterocycles. The van der Waals surface area contributed by atoms with Crippen LogP contribution in [0.25, 0.3) is 0 Å². The highest BCUT2D eigenvalue weighted by molar-refractivity contribution is 7.90. The maximum absolute atomic E-state index is 11.6. The zero-order chi connectivity index (χ0) is 13.9. The molecular formula is C10H22N2O4S. The summed E-state index contributed by atoms with van der Waals surface area (Å²) in [5, 5.41) is 7.23. The van der Waals surface area contributed by atoms with Crippen molar-refractivity contribution < 1.29 is 18.3 Å². The summed E-state index contributed by atoms with van der Waals surface area (Å²) in [5.74, 6) is -1.34. The van der Waals surface area contributed by atoms with Gasteiger partial charge in [0.15, 0.2) is 5.25 Å². The Hall–Kier alpha value is -0.660. The van der Waals surface area contributed by atoms with E-state index in [4.69, 9.17) is 5.11 Å². The minimum atomic E-state index is -3.80. The molecule has 2 N–H and O–H groups in total. The van der Waals surface area contributed by atoms with Crippen LogP contribution in [0.3, 0.4) is 0 Å². The van der Waals surface area contributed by atoms with Crippen molar-refractivity contribution in [3.05, 3.63) is 0 Å². The summed E-state index contributed by atoms with van der Waals surface area (Å²) in [6.07, 6.45) is 0. The molecule has 0 aromatic carbocycles. The SMILES string of the molecule is CC(C(=O)O)S(=O)(=O)NCC(C)(C)CN(C)C. The number of carbonyl (C=O) groups is 1. The van der Waals surface area contributed by atoms with E-state index in [9.17, 15) is 13.2 Å². The summed E-state index contributed by atoms with van der Waals surface area (Å²) in [7, 11) is 0.00129. The number of aliphatic carboxylic acids is 1. The molecule has 1 unspecified atom stereocenters. The molecule has 0 spiro atoms. The van der Waals surface area contributed by atoms with Gasteiger partial charge in [-0.25, -0.2) is 13.1 Å². The molecule has 0 heterocycles. The van der Waals surface area contributed by atoms with Gasteiger partial charge < -0.3 is 10.0 Å². The van der Waals surface area contributed by atoms with Gasteiger partial charge in [-0.05, 0) is 26.4 Å². The molecule has 0 aliphatic heterocycles. The number of nitrogens with one attached hydrogen (secondary N) is 1. The topological polar surface area (TPSA) is 86.7 Å². The van der Waals surface area contributed by atoms with Crippen LogP contribution < -0.4 is 4.72 Å². The van der Waals surface area contributed by atoms with Crippen LogP contribution in [0.4, 0.5) is 0 Å². The molecule has 0 saturated carbocycles. The van der Waals surface area contributed by atoms with Gasteiger partial charge in [0.2, 0.25) is 10.0 Å². The van der Waals surface area contributed by atoms with Crippen LogP contribution in [-0.2, 0) is 14.8 Å². The Labute approximate surface area is 103 Å². The van der Waals surface area contributed by atoms with Gasteiger partial charge >= 0.3 is 5.97 Å². The third-order valence-electron chi connectivity index (χ3n) is 2.31. The van der Waals surface area contributed by atoms with Crippen molar-refractivity contribution in [2.24, 2.45) is 5.41 Å². The molecular weight excluding hydrogens is 244 g/mol. The Balaban J connectivity index is 4.52. The van der Waals surface area contributed by atoms with Gasteiger partial charge in [-0.15, -0.1) is 0 Å². The first-order chi connectivity index (χ1) is 7.48. The number of hydrogen-bond acceptors (Lipinski definition) is 4. The molecule has 0 aromatic rings. The van der Waals surface area contributed by atoms with Gasteiger partial charge in [0.05, 0.1) is 0 Å². The summed E-state index contributed by atoms with van der Waals surface area (Å²) in [5.41, 5.74) is -0.255. The summed E-state index contributed by atoms with van der Waals surface area (Å²) >= 11 is 0. The fourth-order valence-electron chi connectivity index (χ4n) is 1.47. The van der Waals surface area contributed by atoms with Gasteiger partial charge in [0.1, 0.15) is 0 Å². The molecule has 0 bridgehead atoms. The zero-order valence-corrected chi connectivity index (χ0v) is 11.8. The van der Waals surface area contributed by atoms with Gasteiger partial charge in [-0.3, -0.25) is 4.79 Å². The number of rotatable bonds is 7. The first-order valence-corrected chi connectivity index (χ1v) is 6.88. The normalized spacial score (nSPS) is 14.9.